The highest BCUT2D eigenvalue weighted by Gasteiger charge is 2.34. The van der Waals surface area contributed by atoms with Crippen molar-refractivity contribution in [2.45, 2.75) is 25.8 Å². The Balaban J connectivity index is 1.61. The van der Waals surface area contributed by atoms with Gasteiger partial charge in [-0.3, -0.25) is 9.48 Å². The average Bonchev–Trinajstić information content (AvgIpc) is 3.59. The first-order valence-electron chi connectivity index (χ1n) is 10.9. The predicted octanol–water partition coefficient (Wildman–Crippen LogP) is 4.53. The second kappa shape index (κ2) is 8.27. The highest BCUT2D eigenvalue weighted by molar-refractivity contribution is 6.07. The van der Waals surface area contributed by atoms with E-state index in [9.17, 15) is 4.79 Å². The summed E-state index contributed by atoms with van der Waals surface area (Å²) in [6.07, 6.45) is 3.38. The van der Waals surface area contributed by atoms with Gasteiger partial charge in [0.15, 0.2) is 11.4 Å². The molecule has 5 rings (SSSR count). The van der Waals surface area contributed by atoms with E-state index >= 15 is 0 Å². The van der Waals surface area contributed by atoms with E-state index in [1.165, 1.54) is 0 Å². The van der Waals surface area contributed by atoms with Gasteiger partial charge < -0.3 is 18.8 Å². The van der Waals surface area contributed by atoms with Gasteiger partial charge in [-0.15, -0.1) is 0 Å². The molecule has 3 aromatic heterocycles. The molecule has 170 valence electrons. The summed E-state index contributed by atoms with van der Waals surface area (Å²) in [7, 11) is 5.10. The van der Waals surface area contributed by atoms with Crippen LogP contribution in [0, 0.1) is 6.92 Å². The van der Waals surface area contributed by atoms with Crippen LogP contribution in [-0.4, -0.2) is 46.3 Å². The Labute approximate surface area is 191 Å². The molecular formula is C25H26N4O4. The zero-order valence-corrected chi connectivity index (χ0v) is 19.2. The molecule has 1 aliphatic rings. The SMILES string of the molecule is COc1ccc(C2CCCN2C(=O)c2cc(-c3ccco3)nc3c2c(C)nn3C)c(OC)c1. The lowest BCUT2D eigenvalue weighted by Crippen LogP contribution is -2.31. The van der Waals surface area contributed by atoms with Crippen molar-refractivity contribution in [3.63, 3.8) is 0 Å². The van der Waals surface area contributed by atoms with Crippen LogP contribution in [-0.2, 0) is 7.05 Å². The number of aryl methyl sites for hydroxylation is 2. The molecule has 1 atom stereocenters. The number of pyridine rings is 1. The maximum atomic E-state index is 14.0. The molecule has 4 aromatic rings. The fourth-order valence-electron chi connectivity index (χ4n) is 4.75. The quantitative estimate of drug-likeness (QED) is 0.448. The molecular weight excluding hydrogens is 420 g/mol. The minimum Gasteiger partial charge on any atom is -0.497 e. The number of amides is 1. The van der Waals surface area contributed by atoms with Crippen LogP contribution in [0.15, 0.2) is 47.1 Å². The summed E-state index contributed by atoms with van der Waals surface area (Å²) >= 11 is 0. The minimum atomic E-state index is -0.0920. The van der Waals surface area contributed by atoms with Crippen molar-refractivity contribution < 1.29 is 18.7 Å². The van der Waals surface area contributed by atoms with E-state index in [1.807, 2.05) is 55.3 Å². The summed E-state index contributed by atoms with van der Waals surface area (Å²) < 4.78 is 18.3. The predicted molar refractivity (Wildman–Crippen MR) is 124 cm³/mol. The second-order valence-electron chi connectivity index (χ2n) is 8.20. The monoisotopic (exact) mass is 446 g/mol. The van der Waals surface area contributed by atoms with Gasteiger partial charge in [0.2, 0.25) is 0 Å². The smallest absolute Gasteiger partial charge is 0.255 e. The Morgan fingerprint density at radius 2 is 2.03 bits per heavy atom. The number of likely N-dealkylation sites (tertiary alicyclic amines) is 1. The molecule has 1 unspecified atom stereocenters. The van der Waals surface area contributed by atoms with Crippen LogP contribution in [0.5, 0.6) is 11.5 Å². The lowest BCUT2D eigenvalue weighted by atomic mass is 10.0. The van der Waals surface area contributed by atoms with Crippen molar-refractivity contribution in [2.75, 3.05) is 20.8 Å². The van der Waals surface area contributed by atoms with Crippen LogP contribution < -0.4 is 9.47 Å². The van der Waals surface area contributed by atoms with E-state index in [4.69, 9.17) is 18.9 Å². The number of furan rings is 1. The van der Waals surface area contributed by atoms with Gasteiger partial charge in [-0.25, -0.2) is 4.98 Å². The molecule has 0 aliphatic carbocycles. The lowest BCUT2D eigenvalue weighted by Gasteiger charge is -2.27. The second-order valence-corrected chi connectivity index (χ2v) is 8.20. The van der Waals surface area contributed by atoms with Crippen molar-refractivity contribution >= 4 is 16.9 Å². The van der Waals surface area contributed by atoms with E-state index in [-0.39, 0.29) is 11.9 Å². The third-order valence-electron chi connectivity index (χ3n) is 6.29. The summed E-state index contributed by atoms with van der Waals surface area (Å²) in [5, 5.41) is 5.29. The highest BCUT2D eigenvalue weighted by Crippen LogP contribution is 2.40. The molecule has 8 nitrogen and oxygen atoms in total. The number of carbonyl (C=O) groups is 1. The summed E-state index contributed by atoms with van der Waals surface area (Å²) in [6.45, 7) is 2.57. The van der Waals surface area contributed by atoms with Gasteiger partial charge in [-0.05, 0) is 50.1 Å². The highest BCUT2D eigenvalue weighted by atomic mass is 16.5. The topological polar surface area (TPSA) is 82.6 Å². The summed E-state index contributed by atoms with van der Waals surface area (Å²) in [6, 6.07) is 11.1. The molecule has 8 heteroatoms. The normalized spacial score (nSPS) is 15.9. The minimum absolute atomic E-state index is 0.0494. The van der Waals surface area contributed by atoms with E-state index in [2.05, 4.69) is 5.10 Å². The molecule has 1 saturated heterocycles. The molecule has 0 spiro atoms. The fraction of sp³-hybridized carbons (Fsp3) is 0.320. The Bertz CT molecular complexity index is 1330. The van der Waals surface area contributed by atoms with Crippen LogP contribution in [0.1, 0.15) is 40.5 Å². The number of aromatic nitrogens is 3. The molecule has 0 saturated carbocycles. The molecule has 1 amide bonds. The lowest BCUT2D eigenvalue weighted by molar-refractivity contribution is 0.0736. The molecule has 1 fully saturated rings. The molecule has 4 heterocycles. The molecule has 0 radical (unpaired) electrons. The Kier molecular flexibility index (Phi) is 5.28. The zero-order valence-electron chi connectivity index (χ0n) is 19.2. The van der Waals surface area contributed by atoms with Gasteiger partial charge in [0.1, 0.15) is 17.2 Å². The Morgan fingerprint density at radius 3 is 2.76 bits per heavy atom. The van der Waals surface area contributed by atoms with Gasteiger partial charge in [0, 0.05) is 25.2 Å². The number of carbonyl (C=O) groups excluding carboxylic acids is 1. The first kappa shape index (κ1) is 21.1. The van der Waals surface area contributed by atoms with Gasteiger partial charge in [-0.2, -0.15) is 5.10 Å². The maximum absolute atomic E-state index is 14.0. The number of ether oxygens (including phenoxy) is 2. The third kappa shape index (κ3) is 3.51. The number of methoxy groups -OCH3 is 2. The van der Waals surface area contributed by atoms with E-state index in [0.29, 0.717) is 35.0 Å². The van der Waals surface area contributed by atoms with Crippen LogP contribution in [0.25, 0.3) is 22.5 Å². The summed E-state index contributed by atoms with van der Waals surface area (Å²) in [4.78, 5) is 20.7. The number of hydrogen-bond acceptors (Lipinski definition) is 6. The molecule has 0 N–H and O–H groups in total. The molecule has 1 aromatic carbocycles. The Hall–Kier alpha value is -3.81. The molecule has 33 heavy (non-hydrogen) atoms. The van der Waals surface area contributed by atoms with Gasteiger partial charge in [-0.1, -0.05) is 0 Å². The summed E-state index contributed by atoms with van der Waals surface area (Å²) in [5.74, 6) is 2.00. The van der Waals surface area contributed by atoms with E-state index in [0.717, 1.165) is 35.2 Å². The van der Waals surface area contributed by atoms with Crippen molar-refractivity contribution in [2.24, 2.45) is 7.05 Å². The van der Waals surface area contributed by atoms with E-state index in [1.54, 1.807) is 25.2 Å². The number of hydrogen-bond donors (Lipinski definition) is 0. The average molecular weight is 447 g/mol. The Morgan fingerprint density at radius 1 is 1.18 bits per heavy atom. The standard InChI is InChI=1S/C25H26N4O4/c1-15-23-18(14-19(21-8-6-12-33-21)26-24(23)28(2)27-15)25(30)29-11-5-7-20(29)17-10-9-16(31-3)13-22(17)32-4/h6,8-10,12-14,20H,5,7,11H2,1-4H3. The molecule has 0 bridgehead atoms. The first-order valence-corrected chi connectivity index (χ1v) is 10.9. The van der Waals surface area contributed by atoms with Gasteiger partial charge in [0.25, 0.3) is 5.91 Å². The summed E-state index contributed by atoms with van der Waals surface area (Å²) in [5.41, 5.74) is 3.59. The van der Waals surface area contributed by atoms with Crippen molar-refractivity contribution in [3.05, 3.63) is 59.5 Å². The number of rotatable bonds is 5. The van der Waals surface area contributed by atoms with E-state index < -0.39 is 0 Å². The number of benzene rings is 1. The van der Waals surface area contributed by atoms with Gasteiger partial charge in [0.05, 0.1) is 43.2 Å². The maximum Gasteiger partial charge on any atom is 0.255 e. The van der Waals surface area contributed by atoms with Crippen LogP contribution in [0.4, 0.5) is 0 Å². The zero-order chi connectivity index (χ0) is 23.1. The van der Waals surface area contributed by atoms with Crippen molar-refractivity contribution in [1.29, 1.82) is 0 Å². The van der Waals surface area contributed by atoms with Gasteiger partial charge >= 0.3 is 0 Å². The fourth-order valence-corrected chi connectivity index (χ4v) is 4.75. The largest absolute Gasteiger partial charge is 0.497 e. The van der Waals surface area contributed by atoms with Crippen LogP contribution >= 0.6 is 0 Å². The van der Waals surface area contributed by atoms with Crippen molar-refractivity contribution in [1.82, 2.24) is 19.7 Å². The molecule has 1 aliphatic heterocycles. The first-order chi connectivity index (χ1) is 16.0. The van der Waals surface area contributed by atoms with Crippen LogP contribution in [0.3, 0.4) is 0 Å². The van der Waals surface area contributed by atoms with Crippen LogP contribution in [0.2, 0.25) is 0 Å². The number of nitrogens with zero attached hydrogens (tertiary/aromatic N) is 4. The number of fused-ring (bicyclic) bond motifs is 1. The van der Waals surface area contributed by atoms with Crippen molar-refractivity contribution in [3.8, 4) is 23.0 Å². The third-order valence-corrected chi connectivity index (χ3v) is 6.29.